The summed E-state index contributed by atoms with van der Waals surface area (Å²) in [4.78, 5) is 15.4. The van der Waals surface area contributed by atoms with E-state index in [0.717, 1.165) is 12.8 Å². The maximum atomic E-state index is 13.0. The second-order valence-corrected chi connectivity index (χ2v) is 8.61. The van der Waals surface area contributed by atoms with Gasteiger partial charge < -0.3 is 4.90 Å². The average molecular weight is 350 g/mol. The zero-order chi connectivity index (χ0) is 17.7. The number of unbranched alkanes of at least 4 members (excludes halogenated alkanes) is 7. The summed E-state index contributed by atoms with van der Waals surface area (Å²) in [6.45, 7) is 2.27. The SMILES string of the molecule is CCCCCCCCCCC(=O)N(C1CCCCC1)C1CCCCC1. The molecule has 0 N–H and O–H groups in total. The van der Waals surface area contributed by atoms with Crippen LogP contribution in [0.25, 0.3) is 0 Å². The van der Waals surface area contributed by atoms with Gasteiger partial charge in [-0.1, -0.05) is 90.4 Å². The third-order valence-corrected chi connectivity index (χ3v) is 6.47. The molecule has 0 aromatic rings. The normalized spacial score (nSPS) is 19.9. The largest absolute Gasteiger partial charge is 0.337 e. The van der Waals surface area contributed by atoms with E-state index in [0.29, 0.717) is 18.0 Å². The predicted octanol–water partition coefficient (Wildman–Crippen LogP) is 7.01. The molecule has 1 amide bonds. The van der Waals surface area contributed by atoms with Crippen LogP contribution in [0.1, 0.15) is 129 Å². The number of carbonyl (C=O) groups excluding carboxylic acids is 1. The summed E-state index contributed by atoms with van der Waals surface area (Å²) in [7, 11) is 0. The summed E-state index contributed by atoms with van der Waals surface area (Å²) in [6, 6.07) is 1.14. The molecule has 2 fully saturated rings. The second kappa shape index (κ2) is 12.8. The summed E-state index contributed by atoms with van der Waals surface area (Å²) in [6.07, 6.45) is 24.5. The van der Waals surface area contributed by atoms with Gasteiger partial charge in [0.15, 0.2) is 0 Å². The van der Waals surface area contributed by atoms with Gasteiger partial charge in [0.05, 0.1) is 0 Å². The number of nitrogens with zero attached hydrogens (tertiary/aromatic N) is 1. The first-order valence-corrected chi connectivity index (χ1v) is 11.6. The van der Waals surface area contributed by atoms with Crippen molar-refractivity contribution in [2.24, 2.45) is 0 Å². The van der Waals surface area contributed by atoms with Gasteiger partial charge >= 0.3 is 0 Å². The molecule has 2 aliphatic rings. The fraction of sp³-hybridized carbons (Fsp3) is 0.957. The van der Waals surface area contributed by atoms with Crippen molar-refractivity contribution in [2.75, 3.05) is 0 Å². The molecular weight excluding hydrogens is 306 g/mol. The first kappa shape index (κ1) is 20.8. The Kier molecular flexibility index (Phi) is 10.6. The topological polar surface area (TPSA) is 20.3 Å². The average Bonchev–Trinajstić information content (AvgIpc) is 2.66. The van der Waals surface area contributed by atoms with Gasteiger partial charge in [0.2, 0.25) is 5.91 Å². The lowest BCUT2D eigenvalue weighted by atomic mass is 9.88. The molecule has 0 radical (unpaired) electrons. The maximum absolute atomic E-state index is 13.0. The van der Waals surface area contributed by atoms with Crippen LogP contribution in [-0.4, -0.2) is 22.9 Å². The molecular formula is C23H43NO. The van der Waals surface area contributed by atoms with E-state index in [9.17, 15) is 4.79 Å². The van der Waals surface area contributed by atoms with Gasteiger partial charge in [0.25, 0.3) is 0 Å². The number of hydrogen-bond acceptors (Lipinski definition) is 1. The van der Waals surface area contributed by atoms with Crippen molar-refractivity contribution in [3.05, 3.63) is 0 Å². The van der Waals surface area contributed by atoms with Crippen molar-refractivity contribution in [3.63, 3.8) is 0 Å². The van der Waals surface area contributed by atoms with Crippen LogP contribution in [0.2, 0.25) is 0 Å². The van der Waals surface area contributed by atoms with Gasteiger partial charge in [-0.15, -0.1) is 0 Å². The molecule has 0 saturated heterocycles. The van der Waals surface area contributed by atoms with Crippen LogP contribution in [0.4, 0.5) is 0 Å². The summed E-state index contributed by atoms with van der Waals surface area (Å²) < 4.78 is 0. The summed E-state index contributed by atoms with van der Waals surface area (Å²) in [5, 5.41) is 0. The van der Waals surface area contributed by atoms with Gasteiger partial charge in [-0.2, -0.15) is 0 Å². The molecule has 2 aliphatic carbocycles. The standard InChI is InChI=1S/C23H43NO/c1-2-3-4-5-6-7-8-15-20-23(25)24(21-16-11-9-12-17-21)22-18-13-10-14-19-22/h21-22H,2-20H2,1H3. The molecule has 0 bridgehead atoms. The van der Waals surface area contributed by atoms with Crippen LogP contribution in [0.3, 0.4) is 0 Å². The molecule has 0 aromatic heterocycles. The van der Waals surface area contributed by atoms with Crippen molar-refractivity contribution in [3.8, 4) is 0 Å². The first-order chi connectivity index (χ1) is 12.3. The Balaban J connectivity index is 1.71. The molecule has 0 spiro atoms. The van der Waals surface area contributed by atoms with Crippen LogP contribution < -0.4 is 0 Å². The van der Waals surface area contributed by atoms with Gasteiger partial charge in [-0.3, -0.25) is 4.79 Å². The molecule has 0 unspecified atom stereocenters. The van der Waals surface area contributed by atoms with E-state index in [2.05, 4.69) is 11.8 Å². The number of carbonyl (C=O) groups is 1. The quantitative estimate of drug-likeness (QED) is 0.367. The van der Waals surface area contributed by atoms with Crippen molar-refractivity contribution in [1.29, 1.82) is 0 Å². The Morgan fingerprint density at radius 3 is 1.60 bits per heavy atom. The molecule has 146 valence electrons. The van der Waals surface area contributed by atoms with Crippen LogP contribution in [-0.2, 0) is 4.79 Å². The van der Waals surface area contributed by atoms with E-state index in [-0.39, 0.29) is 0 Å². The van der Waals surface area contributed by atoms with Crippen LogP contribution in [0, 0.1) is 0 Å². The first-order valence-electron chi connectivity index (χ1n) is 11.6. The van der Waals surface area contributed by atoms with Crippen LogP contribution >= 0.6 is 0 Å². The molecule has 25 heavy (non-hydrogen) atoms. The predicted molar refractivity (Wildman–Crippen MR) is 108 cm³/mol. The Bertz CT molecular complexity index is 324. The zero-order valence-electron chi connectivity index (χ0n) is 16.9. The van der Waals surface area contributed by atoms with Crippen LogP contribution in [0.15, 0.2) is 0 Å². The Labute approximate surface area is 157 Å². The van der Waals surface area contributed by atoms with E-state index in [1.54, 1.807) is 0 Å². The Hall–Kier alpha value is -0.530. The molecule has 0 aliphatic heterocycles. The van der Waals surface area contributed by atoms with Crippen molar-refractivity contribution in [1.82, 2.24) is 4.90 Å². The van der Waals surface area contributed by atoms with Crippen molar-refractivity contribution in [2.45, 2.75) is 141 Å². The highest BCUT2D eigenvalue weighted by Gasteiger charge is 2.31. The van der Waals surface area contributed by atoms with Gasteiger partial charge in [0, 0.05) is 18.5 Å². The highest BCUT2D eigenvalue weighted by molar-refractivity contribution is 5.77. The fourth-order valence-corrected chi connectivity index (χ4v) is 4.96. The number of hydrogen-bond donors (Lipinski definition) is 0. The van der Waals surface area contributed by atoms with E-state index < -0.39 is 0 Å². The molecule has 0 heterocycles. The van der Waals surface area contributed by atoms with E-state index in [4.69, 9.17) is 0 Å². The summed E-state index contributed by atoms with van der Waals surface area (Å²) in [5.74, 6) is 0.491. The number of rotatable bonds is 11. The molecule has 0 atom stereocenters. The third kappa shape index (κ3) is 7.71. The highest BCUT2D eigenvalue weighted by Crippen LogP contribution is 2.31. The minimum absolute atomic E-state index is 0.491. The monoisotopic (exact) mass is 349 g/mol. The lowest BCUT2D eigenvalue weighted by Crippen LogP contribution is -2.48. The number of amides is 1. The minimum Gasteiger partial charge on any atom is -0.337 e. The molecule has 2 saturated carbocycles. The lowest BCUT2D eigenvalue weighted by molar-refractivity contribution is -0.138. The minimum atomic E-state index is 0.491. The second-order valence-electron chi connectivity index (χ2n) is 8.61. The smallest absolute Gasteiger partial charge is 0.223 e. The maximum Gasteiger partial charge on any atom is 0.223 e. The van der Waals surface area contributed by atoms with Gasteiger partial charge in [-0.25, -0.2) is 0 Å². The Morgan fingerprint density at radius 1 is 0.680 bits per heavy atom. The van der Waals surface area contributed by atoms with Crippen LogP contribution in [0.5, 0.6) is 0 Å². The van der Waals surface area contributed by atoms with Gasteiger partial charge in [-0.05, 0) is 32.1 Å². The zero-order valence-corrected chi connectivity index (χ0v) is 16.9. The molecule has 0 aromatic carbocycles. The lowest BCUT2D eigenvalue weighted by Gasteiger charge is -2.42. The highest BCUT2D eigenvalue weighted by atomic mass is 16.2. The summed E-state index contributed by atoms with van der Waals surface area (Å²) in [5.41, 5.74) is 0. The Morgan fingerprint density at radius 2 is 1.12 bits per heavy atom. The van der Waals surface area contributed by atoms with E-state index in [1.165, 1.54) is 109 Å². The summed E-state index contributed by atoms with van der Waals surface area (Å²) >= 11 is 0. The van der Waals surface area contributed by atoms with Crippen molar-refractivity contribution < 1.29 is 4.79 Å². The third-order valence-electron chi connectivity index (χ3n) is 6.47. The van der Waals surface area contributed by atoms with Gasteiger partial charge in [0.1, 0.15) is 0 Å². The molecule has 2 nitrogen and oxygen atoms in total. The van der Waals surface area contributed by atoms with E-state index in [1.807, 2.05) is 0 Å². The molecule has 2 heteroatoms. The van der Waals surface area contributed by atoms with Crippen molar-refractivity contribution >= 4 is 5.91 Å². The molecule has 2 rings (SSSR count). The van der Waals surface area contributed by atoms with E-state index >= 15 is 0 Å². The fourth-order valence-electron chi connectivity index (χ4n) is 4.96.